The van der Waals surface area contributed by atoms with Gasteiger partial charge in [0.1, 0.15) is 11.5 Å². The first-order valence-electron chi connectivity index (χ1n) is 6.23. The molecule has 0 radical (unpaired) electrons. The largest absolute Gasteiger partial charge is 0.376 e. The predicted octanol–water partition coefficient (Wildman–Crippen LogP) is 4.50. The van der Waals surface area contributed by atoms with Gasteiger partial charge in [-0.2, -0.15) is 0 Å². The van der Waals surface area contributed by atoms with Gasteiger partial charge in [-0.3, -0.25) is 0 Å². The van der Waals surface area contributed by atoms with Gasteiger partial charge in [-0.15, -0.1) is 0 Å². The van der Waals surface area contributed by atoms with E-state index in [9.17, 15) is 8.78 Å². The molecule has 0 aliphatic carbocycles. The van der Waals surface area contributed by atoms with E-state index in [1.807, 2.05) is 26.0 Å². The number of aryl methyl sites for hydroxylation is 3. The lowest BCUT2D eigenvalue weighted by Crippen LogP contribution is -2.05. The molecule has 0 unspecified atom stereocenters. The van der Waals surface area contributed by atoms with Gasteiger partial charge in [-0.25, -0.2) is 8.78 Å². The standard InChI is InChI=1S/C16H17F2N/c1-10-6-11(2)8-13(7-10)9-19-16-14(17)5-4-12(3)15(16)18/h4-8,19H,9H2,1-3H3. The summed E-state index contributed by atoms with van der Waals surface area (Å²) in [6.45, 7) is 6.03. The second kappa shape index (κ2) is 5.39. The van der Waals surface area contributed by atoms with Crippen LogP contribution in [0.15, 0.2) is 30.3 Å². The molecule has 0 amide bonds. The maximum atomic E-state index is 13.8. The fraction of sp³-hybridized carbons (Fsp3) is 0.250. The van der Waals surface area contributed by atoms with Crippen molar-refractivity contribution in [1.29, 1.82) is 0 Å². The van der Waals surface area contributed by atoms with E-state index >= 15 is 0 Å². The van der Waals surface area contributed by atoms with E-state index in [0.29, 0.717) is 12.1 Å². The number of rotatable bonds is 3. The van der Waals surface area contributed by atoms with Gasteiger partial charge in [0.2, 0.25) is 0 Å². The van der Waals surface area contributed by atoms with Crippen LogP contribution in [0.3, 0.4) is 0 Å². The van der Waals surface area contributed by atoms with Crippen LogP contribution in [0.5, 0.6) is 0 Å². The lowest BCUT2D eigenvalue weighted by Gasteiger charge is -2.11. The van der Waals surface area contributed by atoms with Crippen LogP contribution in [-0.4, -0.2) is 0 Å². The zero-order chi connectivity index (χ0) is 14.0. The minimum Gasteiger partial charge on any atom is -0.376 e. The Labute approximate surface area is 112 Å². The molecule has 2 rings (SSSR count). The fourth-order valence-corrected chi connectivity index (χ4v) is 2.18. The van der Waals surface area contributed by atoms with Crippen molar-refractivity contribution in [3.8, 4) is 0 Å². The Hall–Kier alpha value is -1.90. The van der Waals surface area contributed by atoms with Crippen LogP contribution in [0.25, 0.3) is 0 Å². The van der Waals surface area contributed by atoms with Crippen molar-refractivity contribution in [1.82, 2.24) is 0 Å². The number of anilines is 1. The molecule has 0 saturated carbocycles. The maximum absolute atomic E-state index is 13.8. The van der Waals surface area contributed by atoms with E-state index in [0.717, 1.165) is 16.7 Å². The van der Waals surface area contributed by atoms with E-state index in [-0.39, 0.29) is 5.69 Å². The van der Waals surface area contributed by atoms with E-state index in [2.05, 4.69) is 11.4 Å². The van der Waals surface area contributed by atoms with Crippen molar-refractivity contribution < 1.29 is 8.78 Å². The second-order valence-corrected chi connectivity index (χ2v) is 4.90. The summed E-state index contributed by atoms with van der Waals surface area (Å²) in [4.78, 5) is 0. The summed E-state index contributed by atoms with van der Waals surface area (Å²) in [7, 11) is 0. The van der Waals surface area contributed by atoms with Crippen LogP contribution in [0, 0.1) is 32.4 Å². The van der Waals surface area contributed by atoms with Crippen LogP contribution >= 0.6 is 0 Å². The Morgan fingerprint density at radius 3 is 2.21 bits per heavy atom. The molecule has 0 saturated heterocycles. The first kappa shape index (κ1) is 13.5. The minimum atomic E-state index is -0.563. The third kappa shape index (κ3) is 3.11. The van der Waals surface area contributed by atoms with Gasteiger partial charge >= 0.3 is 0 Å². The van der Waals surface area contributed by atoms with Crippen molar-refractivity contribution in [2.75, 3.05) is 5.32 Å². The highest BCUT2D eigenvalue weighted by Crippen LogP contribution is 2.22. The quantitative estimate of drug-likeness (QED) is 0.857. The van der Waals surface area contributed by atoms with Gasteiger partial charge in [-0.05, 0) is 38.0 Å². The molecule has 1 nitrogen and oxygen atoms in total. The molecule has 0 heterocycles. The van der Waals surface area contributed by atoms with E-state index in [1.165, 1.54) is 12.1 Å². The smallest absolute Gasteiger partial charge is 0.152 e. The second-order valence-electron chi connectivity index (χ2n) is 4.90. The molecule has 3 heteroatoms. The SMILES string of the molecule is Cc1cc(C)cc(CNc2c(F)ccc(C)c2F)c1. The normalized spacial score (nSPS) is 10.6. The molecule has 0 atom stereocenters. The van der Waals surface area contributed by atoms with E-state index in [4.69, 9.17) is 0 Å². The molecule has 0 fully saturated rings. The van der Waals surface area contributed by atoms with Crippen LogP contribution in [-0.2, 0) is 6.54 Å². The van der Waals surface area contributed by atoms with Crippen molar-refractivity contribution in [3.05, 3.63) is 64.2 Å². The van der Waals surface area contributed by atoms with Crippen molar-refractivity contribution >= 4 is 5.69 Å². The van der Waals surface area contributed by atoms with Crippen LogP contribution in [0.1, 0.15) is 22.3 Å². The average molecular weight is 261 g/mol. The molecule has 0 spiro atoms. The van der Waals surface area contributed by atoms with Crippen LogP contribution in [0.2, 0.25) is 0 Å². The fourth-order valence-electron chi connectivity index (χ4n) is 2.18. The summed E-state index contributed by atoms with van der Waals surface area (Å²) in [6, 6.07) is 8.80. The summed E-state index contributed by atoms with van der Waals surface area (Å²) in [5.74, 6) is -1.09. The molecule has 0 aromatic heterocycles. The first-order valence-corrected chi connectivity index (χ1v) is 6.23. The summed E-state index contributed by atoms with van der Waals surface area (Å²) in [5, 5.41) is 2.84. The topological polar surface area (TPSA) is 12.0 Å². The molecular formula is C16H17F2N. The Bertz CT molecular complexity index is 586. The van der Waals surface area contributed by atoms with Gasteiger partial charge in [-0.1, -0.05) is 35.4 Å². The molecule has 0 bridgehead atoms. The van der Waals surface area contributed by atoms with Gasteiger partial charge < -0.3 is 5.32 Å². The number of hydrogen-bond acceptors (Lipinski definition) is 1. The molecule has 100 valence electrons. The number of halogens is 2. The van der Waals surface area contributed by atoms with Crippen molar-refractivity contribution in [2.24, 2.45) is 0 Å². The lowest BCUT2D eigenvalue weighted by molar-refractivity contribution is 0.582. The molecule has 2 aromatic carbocycles. The van der Waals surface area contributed by atoms with Gasteiger partial charge in [0.15, 0.2) is 5.82 Å². The number of hydrogen-bond donors (Lipinski definition) is 1. The number of benzene rings is 2. The highest BCUT2D eigenvalue weighted by molar-refractivity contribution is 5.49. The average Bonchev–Trinajstić information content (AvgIpc) is 2.33. The molecule has 19 heavy (non-hydrogen) atoms. The van der Waals surface area contributed by atoms with Gasteiger partial charge in [0.05, 0.1) is 0 Å². The Kier molecular flexibility index (Phi) is 3.84. The third-order valence-electron chi connectivity index (χ3n) is 3.03. The highest BCUT2D eigenvalue weighted by Gasteiger charge is 2.10. The Morgan fingerprint density at radius 2 is 1.58 bits per heavy atom. The third-order valence-corrected chi connectivity index (χ3v) is 3.03. The molecular weight excluding hydrogens is 244 g/mol. The molecule has 0 aliphatic rings. The predicted molar refractivity (Wildman–Crippen MR) is 74.3 cm³/mol. The summed E-state index contributed by atoms with van der Waals surface area (Å²) >= 11 is 0. The summed E-state index contributed by atoms with van der Waals surface area (Å²) < 4.78 is 27.4. The zero-order valence-electron chi connectivity index (χ0n) is 11.3. The van der Waals surface area contributed by atoms with Crippen molar-refractivity contribution in [2.45, 2.75) is 27.3 Å². The van der Waals surface area contributed by atoms with Gasteiger partial charge in [0.25, 0.3) is 0 Å². The number of nitrogens with one attached hydrogen (secondary N) is 1. The summed E-state index contributed by atoms with van der Waals surface area (Å²) in [6.07, 6.45) is 0. The summed E-state index contributed by atoms with van der Waals surface area (Å²) in [5.41, 5.74) is 3.67. The molecule has 1 N–H and O–H groups in total. The highest BCUT2D eigenvalue weighted by atomic mass is 19.1. The van der Waals surface area contributed by atoms with Crippen molar-refractivity contribution in [3.63, 3.8) is 0 Å². The van der Waals surface area contributed by atoms with E-state index < -0.39 is 11.6 Å². The monoisotopic (exact) mass is 261 g/mol. The van der Waals surface area contributed by atoms with Gasteiger partial charge in [0, 0.05) is 6.54 Å². The Balaban J connectivity index is 2.21. The zero-order valence-corrected chi connectivity index (χ0v) is 11.3. The minimum absolute atomic E-state index is 0.0563. The van der Waals surface area contributed by atoms with Crippen LogP contribution in [0.4, 0.5) is 14.5 Å². The molecule has 0 aliphatic heterocycles. The lowest BCUT2D eigenvalue weighted by atomic mass is 10.1. The van der Waals surface area contributed by atoms with Crippen LogP contribution < -0.4 is 5.32 Å². The first-order chi connectivity index (χ1) is 8.97. The molecule has 2 aromatic rings. The Morgan fingerprint density at radius 1 is 0.947 bits per heavy atom. The maximum Gasteiger partial charge on any atom is 0.152 e. The van der Waals surface area contributed by atoms with E-state index in [1.54, 1.807) is 6.92 Å².